The highest BCUT2D eigenvalue weighted by Crippen LogP contribution is 1.90. The quantitative estimate of drug-likeness (QED) is 0.460. The second kappa shape index (κ2) is 5.46. The highest BCUT2D eigenvalue weighted by Gasteiger charge is 1.82. The summed E-state index contributed by atoms with van der Waals surface area (Å²) >= 11 is 0. The average molecular weight is 155 g/mol. The van der Waals surface area contributed by atoms with E-state index in [9.17, 15) is 4.79 Å². The van der Waals surface area contributed by atoms with Crippen LogP contribution in [0.3, 0.4) is 0 Å². The molecule has 0 atom stereocenters. The summed E-state index contributed by atoms with van der Waals surface area (Å²) in [6.07, 6.45) is 5.18. The predicted octanol–water partition coefficient (Wildman–Crippen LogP) is 0.853. The van der Waals surface area contributed by atoms with Crippen LogP contribution < -0.4 is 11.2 Å². The van der Waals surface area contributed by atoms with Crippen LogP contribution in [0.4, 0.5) is 4.79 Å². The van der Waals surface area contributed by atoms with Gasteiger partial charge in [-0.2, -0.15) is 5.10 Å². The molecule has 0 aliphatic heterocycles. The van der Waals surface area contributed by atoms with Crippen molar-refractivity contribution < 1.29 is 4.79 Å². The van der Waals surface area contributed by atoms with Gasteiger partial charge in [-0.1, -0.05) is 19.9 Å². The third-order valence-electron chi connectivity index (χ3n) is 0.831. The third-order valence-corrected chi connectivity index (χ3v) is 0.831. The Balaban J connectivity index is 3.52. The van der Waals surface area contributed by atoms with Gasteiger partial charge in [-0.25, -0.2) is 10.2 Å². The molecule has 0 saturated carbocycles. The van der Waals surface area contributed by atoms with Crippen molar-refractivity contribution in [2.24, 2.45) is 16.8 Å². The van der Waals surface area contributed by atoms with Gasteiger partial charge in [-0.05, 0) is 12.0 Å². The Labute approximate surface area is 66.2 Å². The Morgan fingerprint density at radius 2 is 2.27 bits per heavy atom. The number of nitrogens with two attached hydrogens (primary N) is 1. The normalized spacial score (nSPS) is 11.5. The summed E-state index contributed by atoms with van der Waals surface area (Å²) in [4.78, 5) is 10.1. The van der Waals surface area contributed by atoms with Gasteiger partial charge in [-0.3, -0.25) is 0 Å². The van der Waals surface area contributed by atoms with Crippen LogP contribution in [0, 0.1) is 5.92 Å². The van der Waals surface area contributed by atoms with E-state index in [0.717, 1.165) is 0 Å². The molecule has 0 unspecified atom stereocenters. The highest BCUT2D eigenvalue weighted by molar-refractivity contribution is 5.75. The van der Waals surface area contributed by atoms with Crippen LogP contribution in [0.25, 0.3) is 0 Å². The van der Waals surface area contributed by atoms with Crippen LogP contribution in [0.1, 0.15) is 13.8 Å². The van der Waals surface area contributed by atoms with E-state index in [0.29, 0.717) is 5.92 Å². The van der Waals surface area contributed by atoms with E-state index >= 15 is 0 Å². The van der Waals surface area contributed by atoms with Crippen molar-refractivity contribution in [2.45, 2.75) is 13.8 Å². The maximum atomic E-state index is 10.1. The summed E-state index contributed by atoms with van der Waals surface area (Å²) in [7, 11) is 0. The molecule has 2 amide bonds. The van der Waals surface area contributed by atoms with Crippen molar-refractivity contribution in [1.82, 2.24) is 5.43 Å². The summed E-state index contributed by atoms with van der Waals surface area (Å²) in [5.41, 5.74) is 6.82. The van der Waals surface area contributed by atoms with Crippen LogP contribution >= 0.6 is 0 Å². The molecule has 0 rings (SSSR count). The van der Waals surface area contributed by atoms with Crippen LogP contribution in [-0.2, 0) is 0 Å². The number of amides is 2. The van der Waals surface area contributed by atoms with E-state index in [1.165, 1.54) is 6.21 Å². The molecule has 0 fully saturated rings. The summed E-state index contributed by atoms with van der Waals surface area (Å²) < 4.78 is 0. The molecule has 0 aliphatic rings. The molecule has 0 aromatic carbocycles. The smallest absolute Gasteiger partial charge is 0.332 e. The lowest BCUT2D eigenvalue weighted by Gasteiger charge is -1.90. The van der Waals surface area contributed by atoms with Crippen LogP contribution in [0.5, 0.6) is 0 Å². The minimum atomic E-state index is -0.654. The van der Waals surface area contributed by atoms with E-state index in [-0.39, 0.29) is 0 Å². The predicted molar refractivity (Wildman–Crippen MR) is 45.2 cm³/mol. The molecule has 62 valence electrons. The Bertz CT molecular complexity index is 173. The molecule has 4 heteroatoms. The molecular weight excluding hydrogens is 142 g/mol. The van der Waals surface area contributed by atoms with E-state index in [1.807, 2.05) is 19.9 Å². The Hall–Kier alpha value is -1.32. The zero-order valence-corrected chi connectivity index (χ0v) is 6.74. The van der Waals surface area contributed by atoms with Gasteiger partial charge in [0.1, 0.15) is 0 Å². The van der Waals surface area contributed by atoms with Gasteiger partial charge in [0, 0.05) is 6.21 Å². The first-order chi connectivity index (χ1) is 5.13. The van der Waals surface area contributed by atoms with Crippen molar-refractivity contribution in [3.8, 4) is 0 Å². The number of nitrogens with zero attached hydrogens (tertiary/aromatic N) is 1. The Morgan fingerprint density at radius 3 is 2.73 bits per heavy atom. The molecule has 0 bridgehead atoms. The van der Waals surface area contributed by atoms with Crippen LogP contribution in [0.2, 0.25) is 0 Å². The van der Waals surface area contributed by atoms with Gasteiger partial charge in [0.2, 0.25) is 0 Å². The maximum Gasteiger partial charge on any atom is 0.332 e. The number of hydrazone groups is 1. The van der Waals surface area contributed by atoms with E-state index in [4.69, 9.17) is 5.73 Å². The number of hydrogen-bond donors (Lipinski definition) is 2. The first-order valence-electron chi connectivity index (χ1n) is 3.38. The van der Waals surface area contributed by atoms with Gasteiger partial charge in [-0.15, -0.1) is 0 Å². The number of carbonyl (C=O) groups excluding carboxylic acids is 1. The standard InChI is InChI=1S/C7H13N3O/c1-6(2)4-3-5-9-10-7(8)11/h3-6H,1-2H3,(H3,8,10,11)/b4-3+,9-5+. The van der Waals surface area contributed by atoms with E-state index < -0.39 is 6.03 Å². The van der Waals surface area contributed by atoms with Crippen LogP contribution in [0.15, 0.2) is 17.3 Å². The first kappa shape index (κ1) is 9.68. The number of primary amides is 1. The fraction of sp³-hybridized carbons (Fsp3) is 0.429. The van der Waals surface area contributed by atoms with Crippen molar-refractivity contribution >= 4 is 12.2 Å². The molecule has 11 heavy (non-hydrogen) atoms. The fourth-order valence-corrected chi connectivity index (χ4v) is 0.416. The zero-order valence-electron chi connectivity index (χ0n) is 6.74. The Morgan fingerprint density at radius 1 is 1.64 bits per heavy atom. The first-order valence-corrected chi connectivity index (χ1v) is 3.38. The number of allylic oxidation sites excluding steroid dienone is 2. The lowest BCUT2D eigenvalue weighted by atomic mass is 10.2. The number of nitrogens with one attached hydrogen (secondary N) is 1. The van der Waals surface area contributed by atoms with E-state index in [2.05, 4.69) is 10.5 Å². The van der Waals surface area contributed by atoms with Crippen molar-refractivity contribution in [1.29, 1.82) is 0 Å². The molecule has 0 saturated heterocycles. The molecular formula is C7H13N3O. The lowest BCUT2D eigenvalue weighted by Crippen LogP contribution is -2.24. The monoisotopic (exact) mass is 155 g/mol. The van der Waals surface area contributed by atoms with Crippen molar-refractivity contribution in [3.63, 3.8) is 0 Å². The topological polar surface area (TPSA) is 67.5 Å². The van der Waals surface area contributed by atoms with Gasteiger partial charge in [0.05, 0.1) is 0 Å². The Kier molecular flexibility index (Phi) is 4.81. The fourth-order valence-electron chi connectivity index (χ4n) is 0.416. The number of rotatable bonds is 3. The minimum Gasteiger partial charge on any atom is -0.350 e. The van der Waals surface area contributed by atoms with E-state index in [1.54, 1.807) is 6.08 Å². The number of carbonyl (C=O) groups is 1. The number of urea groups is 1. The summed E-state index contributed by atoms with van der Waals surface area (Å²) in [6.45, 7) is 4.09. The van der Waals surface area contributed by atoms with Gasteiger partial charge < -0.3 is 5.73 Å². The highest BCUT2D eigenvalue weighted by atomic mass is 16.2. The molecule has 0 aliphatic carbocycles. The van der Waals surface area contributed by atoms with Gasteiger partial charge in [0.25, 0.3) is 0 Å². The molecule has 0 aromatic rings. The molecule has 4 nitrogen and oxygen atoms in total. The SMILES string of the molecule is CC(C)/C=C/C=N/NC(N)=O. The summed E-state index contributed by atoms with van der Waals surface area (Å²) in [5, 5.41) is 3.51. The minimum absolute atomic E-state index is 0.482. The van der Waals surface area contributed by atoms with Crippen molar-refractivity contribution in [2.75, 3.05) is 0 Å². The zero-order chi connectivity index (χ0) is 8.69. The molecule has 0 radical (unpaired) electrons. The van der Waals surface area contributed by atoms with Crippen molar-refractivity contribution in [3.05, 3.63) is 12.2 Å². The molecule has 0 aromatic heterocycles. The van der Waals surface area contributed by atoms with Crippen LogP contribution in [-0.4, -0.2) is 12.2 Å². The maximum absolute atomic E-state index is 10.1. The second-order valence-corrected chi connectivity index (χ2v) is 2.38. The largest absolute Gasteiger partial charge is 0.350 e. The second-order valence-electron chi connectivity index (χ2n) is 2.38. The lowest BCUT2D eigenvalue weighted by molar-refractivity contribution is 0.249. The van der Waals surface area contributed by atoms with Gasteiger partial charge >= 0.3 is 6.03 Å². The van der Waals surface area contributed by atoms with Gasteiger partial charge in [0.15, 0.2) is 0 Å². The third kappa shape index (κ3) is 8.68. The number of hydrogen-bond acceptors (Lipinski definition) is 2. The molecule has 0 heterocycles. The summed E-state index contributed by atoms with van der Waals surface area (Å²) in [5.74, 6) is 0.482. The molecule has 0 spiro atoms. The average Bonchev–Trinajstić information content (AvgIpc) is 1.85. The summed E-state index contributed by atoms with van der Waals surface area (Å²) in [6, 6.07) is -0.654. The molecule has 3 N–H and O–H groups in total.